The molecule has 0 unspecified atom stereocenters. The van der Waals surface area contributed by atoms with Gasteiger partial charge in [0.15, 0.2) is 0 Å². The van der Waals surface area contributed by atoms with Gasteiger partial charge in [-0.2, -0.15) is 0 Å². The van der Waals surface area contributed by atoms with Crippen molar-refractivity contribution in [3.63, 3.8) is 0 Å². The molecular weight excluding hydrogens is 302 g/mol. The Bertz CT molecular complexity index is 487. The first kappa shape index (κ1) is 22.2. The molecule has 0 amide bonds. The third-order valence-corrected chi connectivity index (χ3v) is 5.67. The van der Waals surface area contributed by atoms with E-state index in [1.807, 2.05) is 0 Å². The summed E-state index contributed by atoms with van der Waals surface area (Å²) < 4.78 is 1.11. The maximum atomic E-state index is 2.41. The molecule has 25 heavy (non-hydrogen) atoms. The fourth-order valence-corrected chi connectivity index (χ4v) is 3.76. The van der Waals surface area contributed by atoms with Crippen molar-refractivity contribution in [1.29, 1.82) is 0 Å². The molecule has 0 spiro atoms. The summed E-state index contributed by atoms with van der Waals surface area (Å²) in [4.78, 5) is 0. The second-order valence-electron chi connectivity index (χ2n) is 8.86. The second kappa shape index (κ2) is 11.7. The van der Waals surface area contributed by atoms with Crippen molar-refractivity contribution in [2.24, 2.45) is 0 Å². The van der Waals surface area contributed by atoms with E-state index in [-0.39, 0.29) is 0 Å². The van der Waals surface area contributed by atoms with Gasteiger partial charge in [0.2, 0.25) is 0 Å². The Morgan fingerprint density at radius 1 is 0.640 bits per heavy atom. The van der Waals surface area contributed by atoms with Crippen LogP contribution in [0.3, 0.4) is 0 Å². The lowest BCUT2D eigenvalue weighted by Crippen LogP contribution is -2.39. The minimum absolute atomic E-state index is 1.11. The Morgan fingerprint density at radius 2 is 1.12 bits per heavy atom. The number of unbranched alkanes of at least 4 members (excludes halogenated alkanes) is 9. The lowest BCUT2D eigenvalue weighted by atomic mass is 10.00. The largest absolute Gasteiger partial charge is 0.325 e. The number of quaternary nitrogens is 1. The van der Waals surface area contributed by atoms with E-state index in [0.717, 1.165) is 11.0 Å². The zero-order chi connectivity index (χ0) is 18.7. The number of nitrogens with zero attached hydrogens (tertiary/aromatic N) is 1. The van der Waals surface area contributed by atoms with E-state index in [4.69, 9.17) is 0 Å². The summed E-state index contributed by atoms with van der Waals surface area (Å²) in [5.41, 5.74) is 5.83. The molecule has 0 saturated carbocycles. The molecule has 0 atom stereocenters. The van der Waals surface area contributed by atoms with Crippen LogP contribution in [0.2, 0.25) is 0 Å². The Kier molecular flexibility index (Phi) is 10.4. The summed E-state index contributed by atoms with van der Waals surface area (Å²) in [6.07, 6.45) is 14.2. The van der Waals surface area contributed by atoms with Gasteiger partial charge in [0.05, 0.1) is 20.6 Å². The van der Waals surface area contributed by atoms with Crippen molar-refractivity contribution in [3.05, 3.63) is 34.4 Å². The first-order valence-electron chi connectivity index (χ1n) is 10.7. The Labute approximate surface area is 158 Å². The van der Waals surface area contributed by atoms with Crippen molar-refractivity contribution in [2.45, 2.75) is 98.4 Å². The van der Waals surface area contributed by atoms with Gasteiger partial charge in [-0.05, 0) is 56.4 Å². The quantitative estimate of drug-likeness (QED) is 0.264. The number of hydrogen-bond donors (Lipinski definition) is 0. The van der Waals surface area contributed by atoms with Crippen molar-refractivity contribution in [3.8, 4) is 0 Å². The molecule has 144 valence electrons. The third-order valence-electron chi connectivity index (χ3n) is 5.67. The second-order valence-corrected chi connectivity index (χ2v) is 8.86. The fraction of sp³-hybridized carbons (Fsp3) is 0.750. The third kappa shape index (κ3) is 9.45. The molecule has 0 saturated heterocycles. The van der Waals surface area contributed by atoms with Gasteiger partial charge in [-0.3, -0.25) is 0 Å². The molecule has 0 aliphatic heterocycles. The zero-order valence-electron chi connectivity index (χ0n) is 18.1. The number of benzene rings is 1. The average molecular weight is 347 g/mol. The molecule has 0 radical (unpaired) electrons. The maximum Gasteiger partial charge on any atom is 0.104 e. The highest BCUT2D eigenvalue weighted by molar-refractivity contribution is 5.35. The van der Waals surface area contributed by atoms with Crippen LogP contribution in [0, 0.1) is 20.8 Å². The lowest BCUT2D eigenvalue weighted by molar-refractivity contribution is -0.903. The van der Waals surface area contributed by atoms with E-state index >= 15 is 0 Å². The van der Waals surface area contributed by atoms with Gasteiger partial charge in [0.25, 0.3) is 0 Å². The molecule has 1 aromatic carbocycles. The van der Waals surface area contributed by atoms with Gasteiger partial charge in [0, 0.05) is 5.56 Å². The van der Waals surface area contributed by atoms with Crippen LogP contribution in [0.1, 0.15) is 93.4 Å². The normalized spacial score (nSPS) is 11.9. The van der Waals surface area contributed by atoms with E-state index < -0.39 is 0 Å². The van der Waals surface area contributed by atoms with Crippen LogP contribution in [0.25, 0.3) is 0 Å². The molecule has 1 heteroatoms. The van der Waals surface area contributed by atoms with E-state index in [2.05, 4.69) is 53.9 Å². The summed E-state index contributed by atoms with van der Waals surface area (Å²) in [5.74, 6) is 0. The Balaban J connectivity index is 2.20. The van der Waals surface area contributed by atoms with Crippen LogP contribution >= 0.6 is 0 Å². The van der Waals surface area contributed by atoms with Crippen LogP contribution < -0.4 is 0 Å². The van der Waals surface area contributed by atoms with Gasteiger partial charge in [-0.1, -0.05) is 64.4 Å². The molecule has 0 fully saturated rings. The van der Waals surface area contributed by atoms with Gasteiger partial charge >= 0.3 is 0 Å². The van der Waals surface area contributed by atoms with Crippen LogP contribution in [0.5, 0.6) is 0 Å². The maximum absolute atomic E-state index is 2.41. The smallest absolute Gasteiger partial charge is 0.104 e. The van der Waals surface area contributed by atoms with Crippen LogP contribution in [-0.4, -0.2) is 25.1 Å². The Hall–Kier alpha value is -0.820. The standard InChI is InChI=1S/C24H44N/c1-7-8-9-10-11-12-13-14-15-16-17-25(5,6)20-24-19-22(3)21(2)18-23(24)4/h18-19H,7-17,20H2,1-6H3/q+1. The van der Waals surface area contributed by atoms with Gasteiger partial charge < -0.3 is 4.48 Å². The van der Waals surface area contributed by atoms with Crippen LogP contribution in [0.15, 0.2) is 12.1 Å². The molecular formula is C24H44N+. The van der Waals surface area contributed by atoms with E-state index in [0.29, 0.717) is 0 Å². The predicted octanol–water partition coefficient (Wildman–Crippen LogP) is 7.11. The minimum atomic E-state index is 1.11. The van der Waals surface area contributed by atoms with E-state index in [1.54, 1.807) is 0 Å². The topological polar surface area (TPSA) is 0 Å². The van der Waals surface area contributed by atoms with Crippen molar-refractivity contribution >= 4 is 0 Å². The molecule has 1 nitrogen and oxygen atoms in total. The van der Waals surface area contributed by atoms with E-state index in [1.165, 1.54) is 93.0 Å². The number of aryl methyl sites for hydroxylation is 3. The monoisotopic (exact) mass is 346 g/mol. The SMILES string of the molecule is CCCCCCCCCCCC[N+](C)(C)Cc1cc(C)c(C)cc1C. The highest BCUT2D eigenvalue weighted by Crippen LogP contribution is 2.20. The summed E-state index contributed by atoms with van der Waals surface area (Å²) >= 11 is 0. The van der Waals surface area contributed by atoms with Gasteiger partial charge in [-0.15, -0.1) is 0 Å². The molecule has 0 heterocycles. The summed E-state index contributed by atoms with van der Waals surface area (Å²) in [6.45, 7) is 11.5. The van der Waals surface area contributed by atoms with Crippen molar-refractivity contribution in [2.75, 3.05) is 20.6 Å². The summed E-state index contributed by atoms with van der Waals surface area (Å²) in [5, 5.41) is 0. The van der Waals surface area contributed by atoms with Gasteiger partial charge in [0.1, 0.15) is 6.54 Å². The minimum Gasteiger partial charge on any atom is -0.325 e. The predicted molar refractivity (Wildman–Crippen MR) is 113 cm³/mol. The first-order valence-corrected chi connectivity index (χ1v) is 10.7. The van der Waals surface area contributed by atoms with E-state index in [9.17, 15) is 0 Å². The zero-order valence-corrected chi connectivity index (χ0v) is 18.1. The molecule has 0 aliphatic carbocycles. The molecule has 1 aromatic rings. The van der Waals surface area contributed by atoms with Crippen LogP contribution in [-0.2, 0) is 6.54 Å². The molecule has 0 bridgehead atoms. The summed E-state index contributed by atoms with van der Waals surface area (Å²) in [6, 6.07) is 4.76. The van der Waals surface area contributed by atoms with Crippen molar-refractivity contribution in [1.82, 2.24) is 0 Å². The number of rotatable bonds is 13. The van der Waals surface area contributed by atoms with Crippen molar-refractivity contribution < 1.29 is 4.48 Å². The van der Waals surface area contributed by atoms with Crippen LogP contribution in [0.4, 0.5) is 0 Å². The average Bonchev–Trinajstić information content (AvgIpc) is 2.54. The number of hydrogen-bond acceptors (Lipinski definition) is 0. The van der Waals surface area contributed by atoms with Gasteiger partial charge in [-0.25, -0.2) is 0 Å². The summed E-state index contributed by atoms with van der Waals surface area (Å²) in [7, 11) is 4.78. The molecule has 0 N–H and O–H groups in total. The lowest BCUT2D eigenvalue weighted by Gasteiger charge is -2.31. The Morgan fingerprint density at radius 3 is 1.68 bits per heavy atom. The highest BCUT2D eigenvalue weighted by Gasteiger charge is 2.17. The molecule has 1 rings (SSSR count). The molecule has 0 aliphatic rings. The molecule has 0 aromatic heterocycles. The fourth-order valence-electron chi connectivity index (χ4n) is 3.76. The first-order chi connectivity index (χ1) is 11.9. The highest BCUT2D eigenvalue weighted by atomic mass is 15.3.